The van der Waals surface area contributed by atoms with E-state index in [1.807, 2.05) is 0 Å². The van der Waals surface area contributed by atoms with Crippen LogP contribution in [0.1, 0.15) is 168 Å². The first kappa shape index (κ1) is 52.6. The van der Waals surface area contributed by atoms with Gasteiger partial charge in [0.2, 0.25) is 0 Å². The maximum atomic E-state index is 5.69. The van der Waals surface area contributed by atoms with Crippen molar-refractivity contribution in [1.29, 1.82) is 0 Å². The minimum Gasteiger partial charge on any atom is -0.379 e. The van der Waals surface area contributed by atoms with E-state index >= 15 is 0 Å². The predicted octanol–water partition coefficient (Wildman–Crippen LogP) is 10.5. The van der Waals surface area contributed by atoms with Crippen LogP contribution in [0, 0.1) is 0 Å². The fraction of sp³-hybridized carbons (Fsp3) is 1.00. The highest BCUT2D eigenvalue weighted by Crippen LogP contribution is 2.13. The third kappa shape index (κ3) is 51.6. The van der Waals surface area contributed by atoms with E-state index in [0.29, 0.717) is 106 Å². The molecule has 0 N–H and O–H groups in total. The highest BCUT2D eigenvalue weighted by atomic mass is 16.6. The number of unbranched alkanes of at least 4 members (excludes halogenated alkanes) is 22. The van der Waals surface area contributed by atoms with Crippen LogP contribution in [0.4, 0.5) is 0 Å². The van der Waals surface area contributed by atoms with Crippen molar-refractivity contribution >= 4 is 0 Å². The SMILES string of the molecule is CCCCCCCCCCCCCCCCOCCOCCOCCOCCOCCOCCOCCOCCOCCCCCCCCCCCC. The minimum absolute atomic E-state index is 0.544. The maximum Gasteiger partial charge on any atom is 0.0701 e. The second-order valence-corrected chi connectivity index (χ2v) is 14.3. The van der Waals surface area contributed by atoms with E-state index < -0.39 is 0 Å². The van der Waals surface area contributed by atoms with Crippen molar-refractivity contribution in [2.45, 2.75) is 168 Å². The fourth-order valence-electron chi connectivity index (χ4n) is 5.95. The summed E-state index contributed by atoms with van der Waals surface area (Å²) in [6, 6.07) is 0. The Bertz CT molecular complexity index is 563. The molecule has 0 heterocycles. The zero-order valence-electron chi connectivity index (χ0n) is 35.4. The van der Waals surface area contributed by atoms with Crippen molar-refractivity contribution in [3.8, 4) is 0 Å². The number of ether oxygens (including phenoxy) is 9. The molecule has 0 radical (unpaired) electrons. The van der Waals surface area contributed by atoms with Crippen molar-refractivity contribution in [2.24, 2.45) is 0 Å². The van der Waals surface area contributed by atoms with Gasteiger partial charge in [0, 0.05) is 13.2 Å². The summed E-state index contributed by atoms with van der Waals surface area (Å²) in [5.74, 6) is 0. The standard InChI is InChI=1S/C44H90O9/c1-3-5-7-9-11-13-15-16-17-18-20-22-24-26-28-46-30-32-48-34-36-50-38-40-52-42-44-53-43-41-51-39-37-49-35-33-47-31-29-45-27-25-23-21-19-14-12-10-8-6-4-2/h3-44H2,1-2H3. The minimum atomic E-state index is 0.544. The van der Waals surface area contributed by atoms with Gasteiger partial charge in [0.05, 0.1) is 106 Å². The summed E-state index contributed by atoms with van der Waals surface area (Å²) in [7, 11) is 0. The number of rotatable bonds is 50. The van der Waals surface area contributed by atoms with Gasteiger partial charge in [-0.3, -0.25) is 0 Å². The predicted molar refractivity (Wildman–Crippen MR) is 220 cm³/mol. The summed E-state index contributed by atoms with van der Waals surface area (Å²) in [4.78, 5) is 0. The van der Waals surface area contributed by atoms with Crippen molar-refractivity contribution in [3.63, 3.8) is 0 Å². The first-order valence-electron chi connectivity index (χ1n) is 22.6. The Balaban J connectivity index is 3.05. The molecule has 0 rings (SSSR count). The Kier molecular flexibility index (Phi) is 51.3. The van der Waals surface area contributed by atoms with Crippen LogP contribution in [0.2, 0.25) is 0 Å². The normalized spacial score (nSPS) is 11.7. The lowest BCUT2D eigenvalue weighted by molar-refractivity contribution is -0.0250. The van der Waals surface area contributed by atoms with Gasteiger partial charge in [-0.1, -0.05) is 155 Å². The van der Waals surface area contributed by atoms with Crippen molar-refractivity contribution in [1.82, 2.24) is 0 Å². The molecule has 53 heavy (non-hydrogen) atoms. The largest absolute Gasteiger partial charge is 0.379 e. The molecule has 0 unspecified atom stereocenters. The molecule has 0 saturated heterocycles. The zero-order chi connectivity index (χ0) is 38.1. The summed E-state index contributed by atoms with van der Waals surface area (Å²) in [5, 5.41) is 0. The van der Waals surface area contributed by atoms with Crippen LogP contribution >= 0.6 is 0 Å². The van der Waals surface area contributed by atoms with Crippen LogP contribution in [0.15, 0.2) is 0 Å². The smallest absolute Gasteiger partial charge is 0.0701 e. The van der Waals surface area contributed by atoms with E-state index in [-0.39, 0.29) is 0 Å². The van der Waals surface area contributed by atoms with Gasteiger partial charge in [-0.15, -0.1) is 0 Å². The molecule has 0 amide bonds. The quantitative estimate of drug-likeness (QED) is 0.0563. The molecule has 0 bridgehead atoms. The average Bonchev–Trinajstić information content (AvgIpc) is 3.17. The number of hydrogen-bond acceptors (Lipinski definition) is 9. The molecular formula is C44H90O9. The summed E-state index contributed by atoms with van der Waals surface area (Å²) in [6.07, 6.45) is 32.8. The van der Waals surface area contributed by atoms with Crippen molar-refractivity contribution in [2.75, 3.05) is 119 Å². The van der Waals surface area contributed by atoms with E-state index in [1.54, 1.807) is 0 Å². The second-order valence-electron chi connectivity index (χ2n) is 14.3. The Morgan fingerprint density at radius 1 is 0.151 bits per heavy atom. The third-order valence-electron chi connectivity index (χ3n) is 9.26. The lowest BCUT2D eigenvalue weighted by Gasteiger charge is -2.09. The van der Waals surface area contributed by atoms with Crippen LogP contribution in [-0.4, -0.2) is 119 Å². The van der Waals surface area contributed by atoms with E-state index in [4.69, 9.17) is 42.6 Å². The molecule has 0 fully saturated rings. The van der Waals surface area contributed by atoms with Crippen LogP contribution < -0.4 is 0 Å². The van der Waals surface area contributed by atoms with Gasteiger partial charge >= 0.3 is 0 Å². The lowest BCUT2D eigenvalue weighted by atomic mass is 10.0. The molecule has 0 aromatic rings. The second kappa shape index (κ2) is 51.6. The van der Waals surface area contributed by atoms with E-state index in [0.717, 1.165) is 26.1 Å². The monoisotopic (exact) mass is 763 g/mol. The summed E-state index contributed by atoms with van der Waals surface area (Å²) >= 11 is 0. The van der Waals surface area contributed by atoms with Crippen LogP contribution in [0.25, 0.3) is 0 Å². The fourth-order valence-corrected chi connectivity index (χ4v) is 5.95. The molecular weight excluding hydrogens is 672 g/mol. The van der Waals surface area contributed by atoms with E-state index in [2.05, 4.69) is 13.8 Å². The van der Waals surface area contributed by atoms with Gasteiger partial charge in [0.15, 0.2) is 0 Å². The first-order valence-corrected chi connectivity index (χ1v) is 22.6. The summed E-state index contributed by atoms with van der Waals surface area (Å²) in [5.41, 5.74) is 0. The molecule has 9 nitrogen and oxygen atoms in total. The van der Waals surface area contributed by atoms with E-state index in [1.165, 1.54) is 141 Å². The molecule has 320 valence electrons. The lowest BCUT2D eigenvalue weighted by Crippen LogP contribution is -2.15. The van der Waals surface area contributed by atoms with E-state index in [9.17, 15) is 0 Å². The zero-order valence-corrected chi connectivity index (χ0v) is 35.4. The average molecular weight is 763 g/mol. The van der Waals surface area contributed by atoms with Crippen LogP contribution in [0.5, 0.6) is 0 Å². The summed E-state index contributed by atoms with van der Waals surface area (Å²) in [6.45, 7) is 15.5. The number of hydrogen-bond donors (Lipinski definition) is 0. The van der Waals surface area contributed by atoms with Gasteiger partial charge in [0.25, 0.3) is 0 Å². The molecule has 0 aliphatic heterocycles. The van der Waals surface area contributed by atoms with Gasteiger partial charge in [-0.2, -0.15) is 0 Å². The van der Waals surface area contributed by atoms with Crippen LogP contribution in [0.3, 0.4) is 0 Å². The van der Waals surface area contributed by atoms with Gasteiger partial charge in [-0.05, 0) is 12.8 Å². The van der Waals surface area contributed by atoms with Crippen LogP contribution in [-0.2, 0) is 42.6 Å². The highest BCUT2D eigenvalue weighted by molar-refractivity contribution is 4.50. The Morgan fingerprint density at radius 2 is 0.283 bits per heavy atom. The molecule has 9 heteroatoms. The molecule has 0 aliphatic carbocycles. The Labute approximate surface area is 328 Å². The Hall–Kier alpha value is -0.360. The topological polar surface area (TPSA) is 83.1 Å². The van der Waals surface area contributed by atoms with Crippen molar-refractivity contribution < 1.29 is 42.6 Å². The maximum absolute atomic E-state index is 5.69. The summed E-state index contributed by atoms with van der Waals surface area (Å²) < 4.78 is 50.2. The molecule has 0 saturated carbocycles. The van der Waals surface area contributed by atoms with Gasteiger partial charge < -0.3 is 42.6 Å². The molecule has 0 aromatic carbocycles. The third-order valence-corrected chi connectivity index (χ3v) is 9.26. The molecule has 0 atom stereocenters. The van der Waals surface area contributed by atoms with Crippen molar-refractivity contribution in [3.05, 3.63) is 0 Å². The highest BCUT2D eigenvalue weighted by Gasteiger charge is 1.98. The molecule has 0 aromatic heterocycles. The molecule has 0 aliphatic rings. The molecule has 0 spiro atoms. The van der Waals surface area contributed by atoms with Gasteiger partial charge in [-0.25, -0.2) is 0 Å². The Morgan fingerprint density at radius 3 is 0.453 bits per heavy atom. The first-order chi connectivity index (χ1) is 26.4. The van der Waals surface area contributed by atoms with Gasteiger partial charge in [0.1, 0.15) is 0 Å².